The zero-order valence-electron chi connectivity index (χ0n) is 34.8. The highest BCUT2D eigenvalue weighted by atomic mass is 32.2. The predicted molar refractivity (Wildman–Crippen MR) is 241 cm³/mol. The Kier molecular flexibility index (Phi) is 11.1. The number of aryl methyl sites for hydroxylation is 1. The molecule has 8 aromatic rings. The molecule has 2 N–H and O–H groups in total. The summed E-state index contributed by atoms with van der Waals surface area (Å²) in [6.45, 7) is 3.73. The standard InChI is InChI=1S/C50H44N2O10S2/c1-32-10-2-5-13-39(32)49(51-63(53,54)37-18-20-42-45(30-37)59-24-8-22-57-42)47-29-36-17-16-33(27-44(36)62-47)26-34-11-3-6-14-40(34)50(48-28-35-12-4-7-15-41(35)61-48)52-64(55,56)38-19-21-43-46(31-38)60-25-9-23-58-43/h2-7,10-21,27-31,49-52H,8-9,22-26H2,1H3. The van der Waals surface area contributed by atoms with E-state index < -0.39 is 32.1 Å². The summed E-state index contributed by atoms with van der Waals surface area (Å²) in [6, 6.07) is 39.8. The first-order valence-corrected chi connectivity index (χ1v) is 24.0. The molecule has 2 aromatic heterocycles. The lowest BCUT2D eigenvalue weighted by molar-refractivity contribution is 0.296. The molecule has 6 aromatic carbocycles. The number of ether oxygens (including phenoxy) is 4. The van der Waals surface area contributed by atoms with Crippen molar-refractivity contribution in [3.8, 4) is 23.0 Å². The first kappa shape index (κ1) is 41.4. The summed E-state index contributed by atoms with van der Waals surface area (Å²) in [4.78, 5) is 0.0692. The van der Waals surface area contributed by atoms with Crippen LogP contribution >= 0.6 is 0 Å². The van der Waals surface area contributed by atoms with Crippen molar-refractivity contribution >= 4 is 42.0 Å². The van der Waals surface area contributed by atoms with Gasteiger partial charge in [0.15, 0.2) is 23.0 Å². The van der Waals surface area contributed by atoms with E-state index in [1.54, 1.807) is 12.1 Å². The maximum Gasteiger partial charge on any atom is 0.241 e. The predicted octanol–water partition coefficient (Wildman–Crippen LogP) is 9.54. The number of sulfonamides is 2. The van der Waals surface area contributed by atoms with Crippen molar-refractivity contribution in [3.63, 3.8) is 0 Å². The quantitative estimate of drug-likeness (QED) is 0.121. The van der Waals surface area contributed by atoms with Gasteiger partial charge in [-0.15, -0.1) is 0 Å². The normalized spacial score (nSPS) is 15.1. The number of rotatable bonds is 12. The second kappa shape index (κ2) is 17.2. The minimum absolute atomic E-state index is 0.0300. The van der Waals surface area contributed by atoms with E-state index in [0.29, 0.717) is 96.9 Å². The van der Waals surface area contributed by atoms with Gasteiger partial charge in [-0.05, 0) is 89.7 Å². The number of fused-ring (bicyclic) bond motifs is 4. The van der Waals surface area contributed by atoms with E-state index in [0.717, 1.165) is 33.0 Å². The highest BCUT2D eigenvalue weighted by molar-refractivity contribution is 7.89. The monoisotopic (exact) mass is 896 g/mol. The molecule has 2 aliphatic rings. The molecular weight excluding hydrogens is 853 g/mol. The van der Waals surface area contributed by atoms with Crippen LogP contribution in [0.2, 0.25) is 0 Å². The first-order valence-electron chi connectivity index (χ1n) is 21.1. The van der Waals surface area contributed by atoms with Gasteiger partial charge in [0.25, 0.3) is 0 Å². The number of furan rings is 2. The van der Waals surface area contributed by atoms with Crippen molar-refractivity contribution < 1.29 is 44.6 Å². The third-order valence-corrected chi connectivity index (χ3v) is 14.3. The zero-order chi connectivity index (χ0) is 43.8. The van der Waals surface area contributed by atoms with Gasteiger partial charge in [0.2, 0.25) is 20.0 Å². The molecule has 12 nitrogen and oxygen atoms in total. The highest BCUT2D eigenvalue weighted by Crippen LogP contribution is 2.38. The van der Waals surface area contributed by atoms with Crippen molar-refractivity contribution in [2.45, 2.75) is 48.1 Å². The fourth-order valence-electron chi connectivity index (χ4n) is 8.22. The zero-order valence-corrected chi connectivity index (χ0v) is 36.4. The average Bonchev–Trinajstić information content (AvgIpc) is 3.74. The SMILES string of the molecule is Cc1ccccc1C(NS(=O)(=O)c1ccc2c(c1)OCCCO2)c1cc2ccc(Cc3ccccc3C(NS(=O)(=O)c3ccc4c(c3)OCCCO4)c3cc4ccccc4o3)cc2o1. The van der Waals surface area contributed by atoms with E-state index in [1.807, 2.05) is 110 Å². The summed E-state index contributed by atoms with van der Waals surface area (Å²) < 4.78 is 98.7. The van der Waals surface area contributed by atoms with Crippen LogP contribution in [0.15, 0.2) is 158 Å². The molecule has 0 spiro atoms. The maximum atomic E-state index is 14.3. The lowest BCUT2D eigenvalue weighted by atomic mass is 9.94. The Morgan fingerprint density at radius 3 is 1.64 bits per heavy atom. The largest absolute Gasteiger partial charge is 0.490 e. The second-order valence-corrected chi connectivity index (χ2v) is 19.3. The summed E-state index contributed by atoms with van der Waals surface area (Å²) in [7, 11) is -8.25. The van der Waals surface area contributed by atoms with Crippen LogP contribution in [-0.2, 0) is 26.5 Å². The molecular formula is C50H44N2O10S2. The van der Waals surface area contributed by atoms with Crippen LogP contribution in [0.25, 0.3) is 21.9 Å². The van der Waals surface area contributed by atoms with Gasteiger partial charge in [-0.3, -0.25) is 0 Å². The summed E-state index contributed by atoms with van der Waals surface area (Å²) in [5.41, 5.74) is 5.23. The minimum atomic E-state index is -4.15. The van der Waals surface area contributed by atoms with Crippen molar-refractivity contribution in [2.24, 2.45) is 0 Å². The van der Waals surface area contributed by atoms with Gasteiger partial charge in [0.1, 0.15) is 34.8 Å². The Morgan fingerprint density at radius 1 is 0.500 bits per heavy atom. The van der Waals surface area contributed by atoms with Crippen molar-refractivity contribution in [3.05, 3.63) is 179 Å². The molecule has 2 atom stereocenters. The third-order valence-electron chi connectivity index (χ3n) is 11.5. The second-order valence-electron chi connectivity index (χ2n) is 15.9. The van der Waals surface area contributed by atoms with Crippen LogP contribution in [0.3, 0.4) is 0 Å². The average molecular weight is 897 g/mol. The van der Waals surface area contributed by atoms with E-state index in [4.69, 9.17) is 27.8 Å². The van der Waals surface area contributed by atoms with Crippen molar-refractivity contribution in [1.82, 2.24) is 9.44 Å². The first-order chi connectivity index (χ1) is 31.1. The maximum absolute atomic E-state index is 14.3. The number of nitrogens with one attached hydrogen (secondary N) is 2. The number of hydrogen-bond acceptors (Lipinski definition) is 10. The Balaban J connectivity index is 0.983. The summed E-state index contributed by atoms with van der Waals surface area (Å²) in [6.07, 6.45) is 1.79. The highest BCUT2D eigenvalue weighted by Gasteiger charge is 2.31. The van der Waals surface area contributed by atoms with Gasteiger partial charge in [-0.25, -0.2) is 16.8 Å². The van der Waals surface area contributed by atoms with E-state index in [1.165, 1.54) is 24.3 Å². The molecule has 2 aliphatic heterocycles. The molecule has 10 rings (SSSR count). The Morgan fingerprint density at radius 2 is 1.02 bits per heavy atom. The van der Waals surface area contributed by atoms with E-state index in [9.17, 15) is 16.8 Å². The Labute approximate surface area is 370 Å². The van der Waals surface area contributed by atoms with Crippen LogP contribution in [-0.4, -0.2) is 43.3 Å². The summed E-state index contributed by atoms with van der Waals surface area (Å²) >= 11 is 0. The smallest absolute Gasteiger partial charge is 0.241 e. The Bertz CT molecular complexity index is 3220. The number of hydrogen-bond donors (Lipinski definition) is 2. The molecule has 0 bridgehead atoms. The molecule has 14 heteroatoms. The molecule has 0 radical (unpaired) electrons. The topological polar surface area (TPSA) is 156 Å². The number of para-hydroxylation sites is 1. The molecule has 0 fully saturated rings. The molecule has 64 heavy (non-hydrogen) atoms. The van der Waals surface area contributed by atoms with Crippen molar-refractivity contribution in [2.75, 3.05) is 26.4 Å². The van der Waals surface area contributed by atoms with Gasteiger partial charge in [0.05, 0.1) is 36.2 Å². The lowest BCUT2D eigenvalue weighted by Crippen LogP contribution is -2.30. The summed E-state index contributed by atoms with van der Waals surface area (Å²) in [5, 5.41) is 1.62. The van der Waals surface area contributed by atoms with E-state index >= 15 is 0 Å². The van der Waals surface area contributed by atoms with Crippen LogP contribution in [0, 0.1) is 6.92 Å². The van der Waals surface area contributed by atoms with Crippen LogP contribution < -0.4 is 28.4 Å². The molecule has 0 aliphatic carbocycles. The molecule has 0 saturated carbocycles. The number of benzene rings is 6. The fourth-order valence-corrected chi connectivity index (χ4v) is 10.6. The van der Waals surface area contributed by atoms with Crippen LogP contribution in [0.5, 0.6) is 23.0 Å². The van der Waals surface area contributed by atoms with Gasteiger partial charge in [-0.2, -0.15) is 9.44 Å². The van der Waals surface area contributed by atoms with Crippen molar-refractivity contribution in [1.29, 1.82) is 0 Å². The lowest BCUT2D eigenvalue weighted by Gasteiger charge is -2.21. The van der Waals surface area contributed by atoms with Crippen LogP contribution in [0.1, 0.15) is 64.3 Å². The molecule has 0 saturated heterocycles. The minimum Gasteiger partial charge on any atom is -0.490 e. The van der Waals surface area contributed by atoms with Gasteiger partial charge in [-0.1, -0.05) is 78.9 Å². The van der Waals surface area contributed by atoms with Crippen LogP contribution in [0.4, 0.5) is 0 Å². The fraction of sp³-hybridized carbons (Fsp3) is 0.200. The molecule has 2 unspecified atom stereocenters. The summed E-state index contributed by atoms with van der Waals surface area (Å²) in [5.74, 6) is 2.58. The van der Waals surface area contributed by atoms with Gasteiger partial charge in [0, 0.05) is 35.7 Å². The van der Waals surface area contributed by atoms with Gasteiger partial charge < -0.3 is 27.8 Å². The van der Waals surface area contributed by atoms with E-state index in [2.05, 4.69) is 9.44 Å². The molecule has 0 amide bonds. The third kappa shape index (κ3) is 8.44. The molecule has 4 heterocycles. The van der Waals surface area contributed by atoms with E-state index in [-0.39, 0.29) is 9.79 Å². The Hall–Kier alpha value is -6.58. The van der Waals surface area contributed by atoms with Gasteiger partial charge >= 0.3 is 0 Å². The molecule has 326 valence electrons.